The van der Waals surface area contributed by atoms with Crippen molar-refractivity contribution in [2.45, 2.75) is 6.43 Å². The van der Waals surface area contributed by atoms with Crippen LogP contribution in [0.3, 0.4) is 0 Å². The van der Waals surface area contributed by atoms with Crippen LogP contribution in [0.25, 0.3) is 0 Å². The van der Waals surface area contributed by atoms with Gasteiger partial charge >= 0.3 is 12.0 Å². The quantitative estimate of drug-likeness (QED) is 0.451. The Hall–Kier alpha value is -2.42. The van der Waals surface area contributed by atoms with Crippen LogP contribution < -0.4 is 10.6 Å². The number of hydrogen-bond donors (Lipinski definition) is 4. The molecule has 4 N–H and O–H groups in total. The van der Waals surface area contributed by atoms with Gasteiger partial charge < -0.3 is 25.6 Å². The van der Waals surface area contributed by atoms with Crippen LogP contribution in [-0.4, -0.2) is 48.4 Å². The minimum Gasteiger partial charge on any atom is -0.506 e. The maximum atomic E-state index is 11.7. The van der Waals surface area contributed by atoms with E-state index in [1.165, 1.54) is 12.1 Å². The van der Waals surface area contributed by atoms with Crippen molar-refractivity contribution in [3.05, 3.63) is 23.8 Å². The van der Waals surface area contributed by atoms with Gasteiger partial charge in [0.15, 0.2) is 0 Å². The highest BCUT2D eigenvalue weighted by atomic mass is 19.3. The van der Waals surface area contributed by atoms with Crippen LogP contribution in [0.4, 0.5) is 19.3 Å². The van der Waals surface area contributed by atoms with Crippen LogP contribution in [0.1, 0.15) is 10.4 Å². The summed E-state index contributed by atoms with van der Waals surface area (Å²) in [5.74, 6) is -1.61. The maximum Gasteiger partial charge on any atom is 0.335 e. The van der Waals surface area contributed by atoms with Crippen molar-refractivity contribution in [3.8, 4) is 5.75 Å². The molecule has 1 rings (SSSR count). The number of amides is 2. The molecular weight excluding hydrogens is 290 g/mol. The van der Waals surface area contributed by atoms with E-state index in [0.717, 1.165) is 6.07 Å². The number of anilines is 1. The van der Waals surface area contributed by atoms with E-state index in [9.17, 15) is 23.5 Å². The first-order valence-corrected chi connectivity index (χ1v) is 5.87. The number of carboxylic acids is 1. The van der Waals surface area contributed by atoms with E-state index in [-0.39, 0.29) is 24.4 Å². The van der Waals surface area contributed by atoms with Gasteiger partial charge in [0.25, 0.3) is 6.43 Å². The van der Waals surface area contributed by atoms with Gasteiger partial charge in [-0.25, -0.2) is 18.4 Å². The van der Waals surface area contributed by atoms with Crippen LogP contribution in [-0.2, 0) is 4.74 Å². The molecule has 0 aliphatic rings. The zero-order valence-electron chi connectivity index (χ0n) is 10.8. The third-order valence-corrected chi connectivity index (χ3v) is 2.27. The Morgan fingerprint density at radius 3 is 2.62 bits per heavy atom. The number of nitrogens with one attached hydrogen (secondary N) is 2. The molecule has 0 saturated carbocycles. The third kappa shape index (κ3) is 6.04. The van der Waals surface area contributed by atoms with E-state index in [1.54, 1.807) is 0 Å². The predicted octanol–water partition coefficient (Wildman–Crippen LogP) is 1.49. The van der Waals surface area contributed by atoms with Crippen LogP contribution in [0.15, 0.2) is 18.2 Å². The SMILES string of the molecule is O=C(NCCOCC(F)F)Nc1ccc(C(=O)O)cc1O. The molecule has 0 bridgehead atoms. The van der Waals surface area contributed by atoms with Gasteiger partial charge in [-0.05, 0) is 18.2 Å². The number of halogens is 2. The highest BCUT2D eigenvalue weighted by molar-refractivity contribution is 5.93. The fourth-order valence-electron chi connectivity index (χ4n) is 1.35. The molecule has 2 amide bonds. The van der Waals surface area contributed by atoms with Crippen molar-refractivity contribution in [2.24, 2.45) is 0 Å². The summed E-state index contributed by atoms with van der Waals surface area (Å²) in [6, 6.07) is 2.74. The molecule has 0 heterocycles. The van der Waals surface area contributed by atoms with E-state index in [0.29, 0.717) is 0 Å². The van der Waals surface area contributed by atoms with Gasteiger partial charge in [-0.1, -0.05) is 0 Å². The van der Waals surface area contributed by atoms with Gasteiger partial charge in [0, 0.05) is 6.54 Å². The summed E-state index contributed by atoms with van der Waals surface area (Å²) in [7, 11) is 0. The number of carbonyl (C=O) groups excluding carboxylic acids is 1. The van der Waals surface area contributed by atoms with Crippen molar-refractivity contribution in [1.82, 2.24) is 5.32 Å². The van der Waals surface area contributed by atoms with E-state index < -0.39 is 30.8 Å². The van der Waals surface area contributed by atoms with Crippen molar-refractivity contribution >= 4 is 17.7 Å². The Morgan fingerprint density at radius 1 is 1.33 bits per heavy atom. The van der Waals surface area contributed by atoms with Gasteiger partial charge in [-0.3, -0.25) is 0 Å². The van der Waals surface area contributed by atoms with E-state index >= 15 is 0 Å². The summed E-state index contributed by atoms with van der Waals surface area (Å²) >= 11 is 0. The molecule has 0 aliphatic carbocycles. The minimum absolute atomic E-state index is 0.00647. The first kappa shape index (κ1) is 16.6. The lowest BCUT2D eigenvalue weighted by Gasteiger charge is -2.09. The summed E-state index contributed by atoms with van der Waals surface area (Å²) < 4.78 is 28.0. The van der Waals surface area contributed by atoms with Crippen molar-refractivity contribution < 1.29 is 33.3 Å². The smallest absolute Gasteiger partial charge is 0.335 e. The predicted molar refractivity (Wildman–Crippen MR) is 68.9 cm³/mol. The lowest BCUT2D eigenvalue weighted by molar-refractivity contribution is 0.0194. The number of aromatic carboxylic acids is 1. The average Bonchev–Trinajstić information content (AvgIpc) is 2.40. The fourth-order valence-corrected chi connectivity index (χ4v) is 1.35. The largest absolute Gasteiger partial charge is 0.506 e. The highest BCUT2D eigenvalue weighted by Crippen LogP contribution is 2.24. The lowest BCUT2D eigenvalue weighted by Crippen LogP contribution is -2.31. The van der Waals surface area contributed by atoms with Gasteiger partial charge in [0.2, 0.25) is 0 Å². The number of phenolic OH excluding ortho intramolecular Hbond substituents is 1. The van der Waals surface area contributed by atoms with E-state index in [2.05, 4.69) is 15.4 Å². The Bertz CT molecular complexity index is 510. The zero-order valence-corrected chi connectivity index (χ0v) is 10.8. The number of phenols is 1. The standard InChI is InChI=1S/C12H14F2N2O5/c13-10(14)6-21-4-3-15-12(20)16-8-2-1-7(11(18)19)5-9(8)17/h1-2,5,10,17H,3-4,6H2,(H,18,19)(H2,15,16,20). The molecule has 0 aliphatic heterocycles. The molecule has 0 saturated heterocycles. The fraction of sp³-hybridized carbons (Fsp3) is 0.333. The minimum atomic E-state index is -2.57. The number of benzene rings is 1. The molecule has 1 aromatic rings. The molecule has 1 aromatic carbocycles. The molecule has 0 unspecified atom stereocenters. The molecule has 0 radical (unpaired) electrons. The number of aromatic hydroxyl groups is 1. The Kier molecular flexibility index (Phi) is 6.34. The second kappa shape index (κ2) is 8.00. The summed E-state index contributed by atoms with van der Waals surface area (Å²) in [6.45, 7) is -0.783. The lowest BCUT2D eigenvalue weighted by atomic mass is 10.2. The van der Waals surface area contributed by atoms with Gasteiger partial charge in [0.05, 0.1) is 17.9 Å². The van der Waals surface area contributed by atoms with E-state index in [1.807, 2.05) is 0 Å². The molecule has 0 spiro atoms. The zero-order chi connectivity index (χ0) is 15.8. The Balaban J connectivity index is 2.39. The number of hydrogen-bond acceptors (Lipinski definition) is 4. The molecule has 7 nitrogen and oxygen atoms in total. The molecule has 116 valence electrons. The van der Waals surface area contributed by atoms with Gasteiger partial charge in [-0.15, -0.1) is 0 Å². The molecular formula is C12H14F2N2O5. The average molecular weight is 304 g/mol. The number of urea groups is 1. The van der Waals surface area contributed by atoms with Crippen LogP contribution >= 0.6 is 0 Å². The monoisotopic (exact) mass is 304 g/mol. The summed E-state index contributed by atoms with van der Waals surface area (Å²) in [4.78, 5) is 22.1. The molecule has 0 aromatic heterocycles. The number of rotatable bonds is 7. The number of carbonyl (C=O) groups is 2. The third-order valence-electron chi connectivity index (χ3n) is 2.27. The number of carboxylic acid groups (broad SMARTS) is 1. The molecule has 0 atom stereocenters. The number of ether oxygens (including phenoxy) is 1. The second-order valence-electron chi connectivity index (χ2n) is 3.88. The highest BCUT2D eigenvalue weighted by Gasteiger charge is 2.10. The van der Waals surface area contributed by atoms with Gasteiger partial charge in [-0.2, -0.15) is 0 Å². The van der Waals surface area contributed by atoms with Crippen molar-refractivity contribution in [2.75, 3.05) is 25.1 Å². The Labute approximate surface area is 118 Å². The van der Waals surface area contributed by atoms with Crippen LogP contribution in [0.5, 0.6) is 5.75 Å². The maximum absolute atomic E-state index is 11.7. The summed E-state index contributed by atoms with van der Waals surface area (Å²) in [6.07, 6.45) is -2.57. The Morgan fingerprint density at radius 2 is 2.05 bits per heavy atom. The first-order chi connectivity index (χ1) is 9.90. The van der Waals surface area contributed by atoms with Crippen LogP contribution in [0, 0.1) is 0 Å². The second-order valence-corrected chi connectivity index (χ2v) is 3.88. The molecule has 0 fully saturated rings. The van der Waals surface area contributed by atoms with Gasteiger partial charge in [0.1, 0.15) is 12.4 Å². The summed E-state index contributed by atoms with van der Waals surface area (Å²) in [5.41, 5.74) is -0.107. The topological polar surface area (TPSA) is 108 Å². The normalized spacial score (nSPS) is 10.4. The van der Waals surface area contributed by atoms with Crippen molar-refractivity contribution in [1.29, 1.82) is 0 Å². The molecule has 21 heavy (non-hydrogen) atoms. The first-order valence-electron chi connectivity index (χ1n) is 5.87. The molecule has 9 heteroatoms. The van der Waals surface area contributed by atoms with Crippen molar-refractivity contribution in [3.63, 3.8) is 0 Å². The van der Waals surface area contributed by atoms with E-state index in [4.69, 9.17) is 5.11 Å². The number of alkyl halides is 2. The van der Waals surface area contributed by atoms with Crippen LogP contribution in [0.2, 0.25) is 0 Å². The summed E-state index contributed by atoms with van der Waals surface area (Å²) in [5, 5.41) is 22.9.